The molecule has 0 aromatic carbocycles. The summed E-state index contributed by atoms with van der Waals surface area (Å²) >= 11 is 0. The van der Waals surface area contributed by atoms with E-state index in [2.05, 4.69) is 0 Å². The van der Waals surface area contributed by atoms with Crippen molar-refractivity contribution in [2.45, 2.75) is 45.2 Å². The van der Waals surface area contributed by atoms with Gasteiger partial charge >= 0.3 is 13.1 Å². The topological polar surface area (TPSA) is 92.8 Å². The standard InChI is InChI=1S/C6H12BNO4.C2H6/c8-5-2-1-4(3-6(9)10)12-7(5)11;1-2/h4-5,11H,1-3,8H2,(H,9,10);1-2H3. The number of nitrogens with two attached hydrogens (primary N) is 1. The summed E-state index contributed by atoms with van der Waals surface area (Å²) in [6.45, 7) is 4.00. The van der Waals surface area contributed by atoms with E-state index in [4.69, 9.17) is 20.5 Å². The first-order valence-electron chi connectivity index (χ1n) is 4.90. The minimum absolute atomic E-state index is 0.0657. The first-order chi connectivity index (χ1) is 6.59. The molecule has 5 nitrogen and oxygen atoms in total. The predicted octanol–water partition coefficient (Wildman–Crippen LogP) is 0.0133. The normalized spacial score (nSPS) is 26.4. The molecule has 2 unspecified atom stereocenters. The van der Waals surface area contributed by atoms with Crippen molar-refractivity contribution < 1.29 is 19.6 Å². The maximum absolute atomic E-state index is 10.3. The zero-order chi connectivity index (χ0) is 11.1. The molecule has 0 radical (unpaired) electrons. The van der Waals surface area contributed by atoms with Gasteiger partial charge in [0, 0.05) is 5.94 Å². The van der Waals surface area contributed by atoms with Gasteiger partial charge < -0.3 is 20.5 Å². The van der Waals surface area contributed by atoms with Crippen molar-refractivity contribution in [3.8, 4) is 0 Å². The first kappa shape index (κ1) is 13.4. The van der Waals surface area contributed by atoms with Crippen LogP contribution in [0.25, 0.3) is 0 Å². The van der Waals surface area contributed by atoms with E-state index < -0.39 is 19.2 Å². The van der Waals surface area contributed by atoms with Crippen LogP contribution < -0.4 is 5.73 Å². The van der Waals surface area contributed by atoms with Crippen LogP contribution in [0, 0.1) is 0 Å². The van der Waals surface area contributed by atoms with Crippen LogP contribution in [-0.4, -0.2) is 35.3 Å². The molecule has 0 aliphatic carbocycles. The molecule has 0 aromatic rings. The third-order valence-corrected chi connectivity index (χ3v) is 1.92. The Morgan fingerprint density at radius 1 is 1.57 bits per heavy atom. The minimum atomic E-state index is -1.01. The lowest BCUT2D eigenvalue weighted by Gasteiger charge is -2.27. The molecule has 4 N–H and O–H groups in total. The van der Waals surface area contributed by atoms with E-state index in [0.29, 0.717) is 12.8 Å². The van der Waals surface area contributed by atoms with Gasteiger partial charge in [0.25, 0.3) is 0 Å². The Morgan fingerprint density at radius 2 is 2.14 bits per heavy atom. The Hall–Kier alpha value is -0.585. The Balaban J connectivity index is 0.000000791. The van der Waals surface area contributed by atoms with Crippen LogP contribution >= 0.6 is 0 Å². The van der Waals surface area contributed by atoms with E-state index >= 15 is 0 Å². The van der Waals surface area contributed by atoms with E-state index in [9.17, 15) is 4.79 Å². The third kappa shape index (κ3) is 4.60. The van der Waals surface area contributed by atoms with Crippen molar-refractivity contribution in [1.82, 2.24) is 0 Å². The van der Waals surface area contributed by atoms with Crippen LogP contribution in [0.5, 0.6) is 0 Å². The molecule has 1 heterocycles. The Bertz CT molecular complexity index is 179. The van der Waals surface area contributed by atoms with E-state index in [1.807, 2.05) is 13.8 Å². The van der Waals surface area contributed by atoms with Gasteiger partial charge in [-0.25, -0.2) is 0 Å². The summed E-state index contributed by atoms with van der Waals surface area (Å²) in [5.74, 6) is -1.29. The second-order valence-corrected chi connectivity index (χ2v) is 2.99. The zero-order valence-electron chi connectivity index (χ0n) is 8.64. The van der Waals surface area contributed by atoms with E-state index in [-0.39, 0.29) is 12.4 Å². The van der Waals surface area contributed by atoms with Gasteiger partial charge in [0.2, 0.25) is 0 Å². The summed E-state index contributed by atoms with van der Waals surface area (Å²) in [4.78, 5) is 10.3. The smallest absolute Gasteiger partial charge is 0.472 e. The second kappa shape index (κ2) is 6.81. The van der Waals surface area contributed by atoms with E-state index in [1.54, 1.807) is 0 Å². The highest BCUT2D eigenvalue weighted by Gasteiger charge is 2.33. The van der Waals surface area contributed by atoms with Gasteiger partial charge in [-0.3, -0.25) is 4.79 Å². The van der Waals surface area contributed by atoms with Gasteiger partial charge in [0.1, 0.15) is 0 Å². The quantitative estimate of drug-likeness (QED) is 0.550. The average molecular weight is 203 g/mol. The molecule has 2 atom stereocenters. The number of hydrogen-bond acceptors (Lipinski definition) is 4. The molecule has 1 aliphatic heterocycles. The number of hydrogen-bond donors (Lipinski definition) is 3. The zero-order valence-corrected chi connectivity index (χ0v) is 8.64. The summed E-state index contributed by atoms with van der Waals surface area (Å²) < 4.78 is 4.96. The van der Waals surface area contributed by atoms with Crippen molar-refractivity contribution in [1.29, 1.82) is 0 Å². The highest BCUT2D eigenvalue weighted by atomic mass is 16.5. The SMILES string of the molecule is CC.NC1CCC(CC(=O)O)OB1O. The van der Waals surface area contributed by atoms with Crippen LogP contribution in [-0.2, 0) is 9.45 Å². The molecule has 0 spiro atoms. The Labute approximate surface area is 84.4 Å². The molecule has 0 bridgehead atoms. The molecule has 0 saturated carbocycles. The fourth-order valence-corrected chi connectivity index (χ4v) is 1.23. The van der Waals surface area contributed by atoms with Gasteiger partial charge in [0.05, 0.1) is 12.5 Å². The van der Waals surface area contributed by atoms with E-state index in [1.165, 1.54) is 0 Å². The van der Waals surface area contributed by atoms with Crippen LogP contribution in [0.4, 0.5) is 0 Å². The Morgan fingerprint density at radius 3 is 2.57 bits per heavy atom. The largest absolute Gasteiger partial charge is 0.481 e. The minimum Gasteiger partial charge on any atom is -0.481 e. The highest BCUT2D eigenvalue weighted by Crippen LogP contribution is 2.16. The molecular weight excluding hydrogens is 185 g/mol. The lowest BCUT2D eigenvalue weighted by Crippen LogP contribution is -2.48. The fraction of sp³-hybridized carbons (Fsp3) is 0.875. The lowest BCUT2D eigenvalue weighted by atomic mass is 9.73. The van der Waals surface area contributed by atoms with Crippen LogP contribution in [0.3, 0.4) is 0 Å². The molecule has 82 valence electrons. The number of carboxylic acids is 1. The van der Waals surface area contributed by atoms with Gasteiger partial charge in [-0.2, -0.15) is 0 Å². The summed E-state index contributed by atoms with van der Waals surface area (Å²) in [5.41, 5.74) is 5.45. The molecule has 1 saturated heterocycles. The number of carbonyl (C=O) groups is 1. The molecule has 6 heteroatoms. The molecule has 1 fully saturated rings. The number of rotatable bonds is 2. The lowest BCUT2D eigenvalue weighted by molar-refractivity contribution is -0.139. The highest BCUT2D eigenvalue weighted by molar-refractivity contribution is 6.45. The summed E-state index contributed by atoms with van der Waals surface area (Å²) in [5, 5.41) is 17.5. The van der Waals surface area contributed by atoms with Gasteiger partial charge in [-0.05, 0) is 12.8 Å². The van der Waals surface area contributed by atoms with Crippen molar-refractivity contribution in [3.63, 3.8) is 0 Å². The average Bonchev–Trinajstić information content (AvgIpc) is 2.14. The molecule has 0 aromatic heterocycles. The van der Waals surface area contributed by atoms with Crippen molar-refractivity contribution >= 4 is 13.1 Å². The summed E-state index contributed by atoms with van der Waals surface area (Å²) in [6, 6.07) is 0. The molecular formula is C8H18BNO4. The first-order valence-corrected chi connectivity index (χ1v) is 4.90. The third-order valence-electron chi connectivity index (χ3n) is 1.92. The van der Waals surface area contributed by atoms with Crippen molar-refractivity contribution in [2.75, 3.05) is 0 Å². The monoisotopic (exact) mass is 203 g/mol. The Kier molecular flexibility index (Phi) is 6.52. The van der Waals surface area contributed by atoms with Gasteiger partial charge in [-0.15, -0.1) is 0 Å². The van der Waals surface area contributed by atoms with Crippen molar-refractivity contribution in [3.05, 3.63) is 0 Å². The van der Waals surface area contributed by atoms with Gasteiger partial charge in [0.15, 0.2) is 0 Å². The molecule has 0 amide bonds. The fourth-order valence-electron chi connectivity index (χ4n) is 1.23. The number of aliphatic carboxylic acids is 1. The van der Waals surface area contributed by atoms with Crippen LogP contribution in [0.2, 0.25) is 0 Å². The second-order valence-electron chi connectivity index (χ2n) is 2.99. The number of carboxylic acid groups (broad SMARTS) is 1. The van der Waals surface area contributed by atoms with E-state index in [0.717, 1.165) is 0 Å². The molecule has 1 rings (SSSR count). The van der Waals surface area contributed by atoms with Crippen LogP contribution in [0.1, 0.15) is 33.1 Å². The van der Waals surface area contributed by atoms with Crippen molar-refractivity contribution in [2.24, 2.45) is 5.73 Å². The predicted molar refractivity (Wildman–Crippen MR) is 53.7 cm³/mol. The van der Waals surface area contributed by atoms with Gasteiger partial charge in [-0.1, -0.05) is 13.8 Å². The maximum Gasteiger partial charge on any atom is 0.472 e. The summed E-state index contributed by atoms with van der Waals surface area (Å²) in [7, 11) is -1.01. The molecule has 14 heavy (non-hydrogen) atoms. The van der Waals surface area contributed by atoms with Crippen LogP contribution in [0.15, 0.2) is 0 Å². The maximum atomic E-state index is 10.3. The molecule has 1 aliphatic rings. The summed E-state index contributed by atoms with van der Waals surface area (Å²) in [6.07, 6.45) is 0.755.